The maximum Gasteiger partial charge on any atom is 0.0781 e. The van der Waals surface area contributed by atoms with E-state index in [-0.39, 0.29) is 115 Å². The fourth-order valence-electron chi connectivity index (χ4n) is 6.68. The summed E-state index contributed by atoms with van der Waals surface area (Å²) in [5, 5.41) is 0. The molecule has 45 heteroatoms. The molecular formula is C83H218N26O19. The third-order valence-electron chi connectivity index (χ3n) is 11.7. The van der Waals surface area contributed by atoms with Crippen LogP contribution in [0.1, 0.15) is 132 Å². The van der Waals surface area contributed by atoms with Crippen molar-refractivity contribution in [3.05, 3.63) is 0 Å². The number of hydrogen-bond donors (Lipinski definition) is 26. The second-order valence-corrected chi connectivity index (χ2v) is 31.2. The summed E-state index contributed by atoms with van der Waals surface area (Å²) in [7, 11) is 0. The van der Waals surface area contributed by atoms with Gasteiger partial charge in [-0.2, -0.15) is 0 Å². The maximum atomic E-state index is 5.55. The SMILES string of the molecule is CC(N)COCC(C)N.CC(N)COCC(C)N.CC(N)COCC(C)N.CC(N)COCC(C)N.CC(N)COCC(C)N.CC(N)COCCOC(C)COCC(C)N.CC(N)COCCOC(C)COCC(C)N.CC(N)COCCOC(C)COCC(C)N.NCCOCCN.NCCOCCN.NCCOCCN.NCCOCCN.NCCOCCN. The van der Waals surface area contributed by atoms with Crippen molar-refractivity contribution < 1.29 is 90.0 Å². The van der Waals surface area contributed by atoms with Gasteiger partial charge in [0.25, 0.3) is 0 Å². The van der Waals surface area contributed by atoms with Crippen LogP contribution in [0.4, 0.5) is 0 Å². The van der Waals surface area contributed by atoms with E-state index in [0.717, 1.165) is 0 Å². The average Bonchev–Trinajstić information content (AvgIpc) is 1.04. The van der Waals surface area contributed by atoms with E-state index in [9.17, 15) is 0 Å². The van der Waals surface area contributed by atoms with Gasteiger partial charge < -0.3 is 239 Å². The molecule has 0 rings (SSSR count). The quantitative estimate of drug-likeness (QED) is 0.0252. The molecular weight excluding hydrogens is 1670 g/mol. The highest BCUT2D eigenvalue weighted by atomic mass is 16.6. The molecule has 0 saturated heterocycles. The molecule has 0 aromatic heterocycles. The van der Waals surface area contributed by atoms with E-state index >= 15 is 0 Å². The smallest absolute Gasteiger partial charge is 0.0781 e. The number of ether oxygens (including phenoxy) is 19. The van der Waals surface area contributed by atoms with Crippen molar-refractivity contribution in [3.8, 4) is 0 Å². The minimum atomic E-state index is 0.0673. The molecule has 0 aliphatic carbocycles. The van der Waals surface area contributed by atoms with Crippen molar-refractivity contribution in [1.29, 1.82) is 0 Å². The van der Waals surface area contributed by atoms with E-state index in [1.54, 1.807) is 0 Å². The average molecular weight is 1880 g/mol. The number of hydrogen-bond acceptors (Lipinski definition) is 45. The predicted octanol–water partition coefficient (Wildman–Crippen LogP) is -6.55. The van der Waals surface area contributed by atoms with Crippen LogP contribution in [-0.4, -0.2) is 412 Å². The molecule has 0 aromatic rings. The third kappa shape index (κ3) is 232. The van der Waals surface area contributed by atoms with Crippen molar-refractivity contribution in [1.82, 2.24) is 0 Å². The summed E-state index contributed by atoms with van der Waals surface area (Å²) in [5.74, 6) is 0. The van der Waals surface area contributed by atoms with Gasteiger partial charge >= 0.3 is 0 Å². The second-order valence-electron chi connectivity index (χ2n) is 31.2. The second kappa shape index (κ2) is 136. The molecule has 52 N–H and O–H groups in total. The van der Waals surface area contributed by atoms with E-state index in [0.29, 0.717) is 297 Å². The molecule has 19 atom stereocenters. The highest BCUT2D eigenvalue weighted by molar-refractivity contribution is 4.61. The largest absolute Gasteiger partial charge is 0.379 e. The molecule has 0 bridgehead atoms. The fraction of sp³-hybridized carbons (Fsp3) is 1.00. The van der Waals surface area contributed by atoms with E-state index in [2.05, 4.69) is 0 Å². The minimum Gasteiger partial charge on any atom is -0.379 e. The van der Waals surface area contributed by atoms with Gasteiger partial charge in [0.05, 0.1) is 250 Å². The summed E-state index contributed by atoms with van der Waals surface area (Å²) in [6, 6.07) is 1.59. The highest BCUT2D eigenvalue weighted by Crippen LogP contribution is 1.97. The molecule has 0 aromatic carbocycles. The van der Waals surface area contributed by atoms with Crippen LogP contribution in [-0.2, 0) is 90.0 Å². The van der Waals surface area contributed by atoms with Crippen LogP contribution >= 0.6 is 0 Å². The van der Waals surface area contributed by atoms with Gasteiger partial charge in [0, 0.05) is 162 Å². The zero-order chi connectivity index (χ0) is 101. The Morgan fingerprint density at radius 2 is 0.211 bits per heavy atom. The standard InChI is InChI=1S/3C11H26N2O3.5C6H16N2O.5C4H12N2O/c3*1-9(12)6-14-4-5-16-11(3)8-15-7-10(2)13;5*1-5(7)3-9-4-6(2)8;5*5-1-3-7-4-2-6/h3*9-11H,4-8,12-13H2,1-3H3;5*5-6H,3-4,7-8H2,1-2H3;5*1-6H2. The van der Waals surface area contributed by atoms with Gasteiger partial charge in [-0.25, -0.2) is 0 Å². The van der Waals surface area contributed by atoms with E-state index in [1.807, 2.05) is 132 Å². The van der Waals surface area contributed by atoms with Crippen molar-refractivity contribution in [2.24, 2.45) is 149 Å². The molecule has 19 unspecified atom stereocenters. The molecule has 0 aliphatic rings. The Bertz CT molecular complexity index is 1500. The lowest BCUT2D eigenvalue weighted by Gasteiger charge is -2.14. The summed E-state index contributed by atoms with van der Waals surface area (Å²) in [4.78, 5) is 0. The first-order valence-electron chi connectivity index (χ1n) is 45.5. The zero-order valence-corrected chi connectivity index (χ0v) is 84.6. The summed E-state index contributed by atoms with van der Waals surface area (Å²) >= 11 is 0. The molecule has 0 fully saturated rings. The minimum absolute atomic E-state index is 0.0673. The van der Waals surface area contributed by atoms with Gasteiger partial charge in [-0.1, -0.05) is 0 Å². The Morgan fingerprint density at radius 1 is 0.117 bits per heavy atom. The van der Waals surface area contributed by atoms with Gasteiger partial charge in [0.1, 0.15) is 0 Å². The van der Waals surface area contributed by atoms with Gasteiger partial charge in [-0.05, 0) is 132 Å². The number of nitrogens with two attached hydrogens (primary N) is 26. The van der Waals surface area contributed by atoms with Gasteiger partial charge in [-0.3, -0.25) is 0 Å². The maximum absolute atomic E-state index is 5.55. The van der Waals surface area contributed by atoms with Crippen LogP contribution in [0, 0.1) is 0 Å². The summed E-state index contributed by atoms with van der Waals surface area (Å²) in [6.45, 7) is 62.9. The Kier molecular flexibility index (Phi) is 164. The van der Waals surface area contributed by atoms with Crippen LogP contribution in [0.15, 0.2) is 0 Å². The normalized spacial score (nSPS) is 15.1. The van der Waals surface area contributed by atoms with Gasteiger partial charge in [-0.15, -0.1) is 0 Å². The lowest BCUT2D eigenvalue weighted by atomic mass is 10.4. The highest BCUT2D eigenvalue weighted by Gasteiger charge is 2.08. The van der Waals surface area contributed by atoms with Crippen LogP contribution in [0.3, 0.4) is 0 Å². The van der Waals surface area contributed by atoms with Crippen LogP contribution < -0.4 is 149 Å². The summed E-state index contributed by atoms with van der Waals surface area (Å²) < 4.78 is 98.2. The van der Waals surface area contributed by atoms with Crippen molar-refractivity contribution >= 4 is 0 Å². The fourth-order valence-corrected chi connectivity index (χ4v) is 6.68. The molecule has 128 heavy (non-hydrogen) atoms. The van der Waals surface area contributed by atoms with Crippen LogP contribution in [0.2, 0.25) is 0 Å². The number of rotatable bonds is 70. The molecule has 0 spiro atoms. The van der Waals surface area contributed by atoms with Crippen molar-refractivity contribution in [3.63, 3.8) is 0 Å². The molecule has 0 saturated carbocycles. The topological polar surface area (TPSA) is 852 Å². The predicted molar refractivity (Wildman–Crippen MR) is 528 cm³/mol. The lowest BCUT2D eigenvalue weighted by molar-refractivity contribution is -0.0319. The zero-order valence-electron chi connectivity index (χ0n) is 84.6. The molecule has 0 aliphatic heterocycles. The first-order valence-corrected chi connectivity index (χ1v) is 45.5. The van der Waals surface area contributed by atoms with Crippen molar-refractivity contribution in [2.75, 3.05) is 297 Å². The summed E-state index contributed by atoms with van der Waals surface area (Å²) in [6.07, 6.45) is 0.202. The molecule has 0 heterocycles. The first kappa shape index (κ1) is 154. The van der Waals surface area contributed by atoms with Crippen LogP contribution in [0.25, 0.3) is 0 Å². The molecule has 0 radical (unpaired) electrons. The molecule has 45 nitrogen and oxygen atoms in total. The van der Waals surface area contributed by atoms with E-state index in [4.69, 9.17) is 239 Å². The Balaban J connectivity index is -0.000000103. The van der Waals surface area contributed by atoms with E-state index in [1.165, 1.54) is 0 Å². The Labute approximate surface area is 779 Å². The first-order chi connectivity index (χ1) is 60.3. The monoisotopic (exact) mass is 1880 g/mol. The van der Waals surface area contributed by atoms with E-state index < -0.39 is 0 Å². The Morgan fingerprint density at radius 3 is 0.305 bits per heavy atom. The van der Waals surface area contributed by atoms with Gasteiger partial charge in [0.2, 0.25) is 0 Å². The lowest BCUT2D eigenvalue weighted by Crippen LogP contribution is -2.27. The molecule has 0 amide bonds. The third-order valence-corrected chi connectivity index (χ3v) is 11.7. The summed E-state index contributed by atoms with van der Waals surface area (Å²) in [5.41, 5.74) is 138. The molecule has 794 valence electrons. The Hall–Kier alpha value is -1.80. The van der Waals surface area contributed by atoms with Gasteiger partial charge in [0.15, 0.2) is 0 Å². The van der Waals surface area contributed by atoms with Crippen molar-refractivity contribution in [2.45, 2.75) is 247 Å². The van der Waals surface area contributed by atoms with Crippen LogP contribution in [0.5, 0.6) is 0 Å².